The molecule has 1 amide bonds. The Morgan fingerprint density at radius 3 is 2.97 bits per heavy atom. The fraction of sp³-hybridized carbons (Fsp3) is 0.304. The number of aromatic nitrogens is 3. The maximum Gasteiger partial charge on any atom is 0.407 e. The standard InChI is InChI=1S/C23H23N5O5/c1-13-11-27(8-9-28(13)23(30)31)12-16-18(32-2)6-5-15-20(29)19(33-21(15)16)10-17-14-4-3-7-24-22(14)26-25-17/h3-7,10,13H,8-9,11-12H2,1-2H3,(H,30,31)(H,24,25,26)/b19-10-/t13-/m1/s1. The highest BCUT2D eigenvalue weighted by atomic mass is 16.5. The summed E-state index contributed by atoms with van der Waals surface area (Å²) in [6, 6.07) is 7.01. The molecule has 1 fully saturated rings. The number of hydrogen-bond acceptors (Lipinski definition) is 7. The number of carbonyl (C=O) groups is 2. The first-order valence-electron chi connectivity index (χ1n) is 10.6. The summed E-state index contributed by atoms with van der Waals surface area (Å²) in [6.07, 6.45) is 2.37. The maximum absolute atomic E-state index is 13.1. The molecule has 2 aromatic heterocycles. The molecule has 0 bridgehead atoms. The number of carboxylic acid groups (broad SMARTS) is 1. The first kappa shape index (κ1) is 21.0. The number of ketones is 1. The van der Waals surface area contributed by atoms with Gasteiger partial charge in [0.1, 0.15) is 11.5 Å². The van der Waals surface area contributed by atoms with Gasteiger partial charge < -0.3 is 19.5 Å². The highest BCUT2D eigenvalue weighted by Gasteiger charge is 2.34. The summed E-state index contributed by atoms with van der Waals surface area (Å²) >= 11 is 0. The molecule has 0 unspecified atom stereocenters. The summed E-state index contributed by atoms with van der Waals surface area (Å²) in [5.74, 6) is 1.04. The van der Waals surface area contributed by atoms with Gasteiger partial charge in [-0.25, -0.2) is 9.78 Å². The van der Waals surface area contributed by atoms with E-state index in [-0.39, 0.29) is 17.6 Å². The van der Waals surface area contributed by atoms with Gasteiger partial charge in [0.05, 0.1) is 23.9 Å². The third kappa shape index (κ3) is 3.68. The van der Waals surface area contributed by atoms with Crippen molar-refractivity contribution in [2.45, 2.75) is 19.5 Å². The molecule has 0 aliphatic carbocycles. The summed E-state index contributed by atoms with van der Waals surface area (Å²) in [7, 11) is 1.58. The van der Waals surface area contributed by atoms with Crippen LogP contribution in [-0.4, -0.2) is 74.8 Å². The minimum atomic E-state index is -0.912. The fourth-order valence-electron chi connectivity index (χ4n) is 4.42. The molecule has 2 aliphatic rings. The number of methoxy groups -OCH3 is 1. The Morgan fingerprint density at radius 1 is 1.36 bits per heavy atom. The second-order valence-electron chi connectivity index (χ2n) is 8.13. The van der Waals surface area contributed by atoms with Crippen molar-refractivity contribution in [2.24, 2.45) is 0 Å². The van der Waals surface area contributed by atoms with Gasteiger partial charge in [-0.2, -0.15) is 5.10 Å². The Bertz CT molecular complexity index is 1280. The van der Waals surface area contributed by atoms with Crippen molar-refractivity contribution in [3.05, 3.63) is 53.0 Å². The van der Waals surface area contributed by atoms with Crippen molar-refractivity contribution in [2.75, 3.05) is 26.7 Å². The van der Waals surface area contributed by atoms with Gasteiger partial charge in [-0.05, 0) is 31.2 Å². The molecule has 3 aromatic rings. The summed E-state index contributed by atoms with van der Waals surface area (Å²) < 4.78 is 11.6. The number of ether oxygens (including phenoxy) is 2. The zero-order valence-electron chi connectivity index (χ0n) is 18.2. The number of piperazine rings is 1. The lowest BCUT2D eigenvalue weighted by atomic mass is 10.0. The lowest BCUT2D eigenvalue weighted by Crippen LogP contribution is -2.53. The average Bonchev–Trinajstić information content (AvgIpc) is 3.35. The van der Waals surface area contributed by atoms with Gasteiger partial charge in [0.25, 0.3) is 0 Å². The molecule has 33 heavy (non-hydrogen) atoms. The van der Waals surface area contributed by atoms with Gasteiger partial charge in [0, 0.05) is 49.9 Å². The Labute approximate surface area is 189 Å². The number of fused-ring (bicyclic) bond motifs is 2. The van der Waals surface area contributed by atoms with Crippen LogP contribution < -0.4 is 9.47 Å². The third-order valence-corrected chi connectivity index (χ3v) is 6.09. The molecule has 0 saturated carbocycles. The number of carbonyl (C=O) groups excluding carboxylic acids is 1. The van der Waals surface area contributed by atoms with Gasteiger partial charge in [0.2, 0.25) is 5.78 Å². The highest BCUT2D eigenvalue weighted by molar-refractivity contribution is 6.15. The van der Waals surface area contributed by atoms with Crippen LogP contribution in [-0.2, 0) is 6.54 Å². The first-order valence-corrected chi connectivity index (χ1v) is 10.6. The van der Waals surface area contributed by atoms with Crippen LogP contribution >= 0.6 is 0 Å². The Hall–Kier alpha value is -3.92. The van der Waals surface area contributed by atoms with E-state index < -0.39 is 6.09 Å². The smallest absolute Gasteiger partial charge is 0.407 e. The molecule has 0 radical (unpaired) electrons. The van der Waals surface area contributed by atoms with Crippen molar-refractivity contribution in [1.29, 1.82) is 0 Å². The van der Waals surface area contributed by atoms with E-state index in [1.807, 2.05) is 13.0 Å². The molecule has 170 valence electrons. The number of pyridine rings is 1. The van der Waals surface area contributed by atoms with Crippen molar-refractivity contribution < 1.29 is 24.2 Å². The Morgan fingerprint density at radius 2 is 2.21 bits per heavy atom. The highest BCUT2D eigenvalue weighted by Crippen LogP contribution is 2.41. The zero-order chi connectivity index (χ0) is 23.1. The largest absolute Gasteiger partial charge is 0.496 e. The van der Waals surface area contributed by atoms with E-state index in [1.165, 1.54) is 4.90 Å². The minimum absolute atomic E-state index is 0.140. The number of rotatable bonds is 4. The predicted molar refractivity (Wildman–Crippen MR) is 119 cm³/mol. The van der Waals surface area contributed by atoms with E-state index in [2.05, 4.69) is 20.1 Å². The third-order valence-electron chi connectivity index (χ3n) is 6.09. The normalized spacial score (nSPS) is 19.7. The van der Waals surface area contributed by atoms with Crippen LogP contribution in [0.2, 0.25) is 0 Å². The van der Waals surface area contributed by atoms with Crippen molar-refractivity contribution >= 4 is 29.0 Å². The van der Waals surface area contributed by atoms with E-state index in [4.69, 9.17) is 9.47 Å². The lowest BCUT2D eigenvalue weighted by Gasteiger charge is -2.38. The molecule has 1 aromatic carbocycles. The number of H-pyrrole nitrogens is 1. The number of nitrogens with zero attached hydrogens (tertiary/aromatic N) is 4. The average molecular weight is 449 g/mol. The Kier molecular flexibility index (Phi) is 5.21. The van der Waals surface area contributed by atoms with Gasteiger partial charge in [-0.15, -0.1) is 0 Å². The van der Waals surface area contributed by atoms with E-state index >= 15 is 0 Å². The number of nitrogens with one attached hydrogen (secondary N) is 1. The van der Waals surface area contributed by atoms with E-state index in [0.29, 0.717) is 54.6 Å². The van der Waals surface area contributed by atoms with E-state index in [9.17, 15) is 14.7 Å². The number of aromatic amines is 1. The maximum atomic E-state index is 13.1. The number of Topliss-reactive ketones (excluding diaryl/α,β-unsaturated/α-hetero) is 1. The molecule has 2 aliphatic heterocycles. The van der Waals surface area contributed by atoms with E-state index in [0.717, 1.165) is 10.9 Å². The fourth-order valence-corrected chi connectivity index (χ4v) is 4.42. The summed E-state index contributed by atoms with van der Waals surface area (Å²) in [5.41, 5.74) is 2.43. The van der Waals surface area contributed by atoms with Crippen LogP contribution in [0.3, 0.4) is 0 Å². The van der Waals surface area contributed by atoms with Crippen LogP contribution in [0.1, 0.15) is 28.5 Å². The molecule has 10 heteroatoms. The van der Waals surface area contributed by atoms with E-state index in [1.54, 1.807) is 37.6 Å². The molecule has 0 spiro atoms. The summed E-state index contributed by atoms with van der Waals surface area (Å²) in [4.78, 5) is 32.3. The van der Waals surface area contributed by atoms with Gasteiger partial charge in [0.15, 0.2) is 11.4 Å². The SMILES string of the molecule is COc1ccc2c(c1CN1CCN(C(=O)O)[C@H](C)C1)O/C(=C\c1n[nH]c3ncccc13)C2=O. The molecule has 2 N–H and O–H groups in total. The monoisotopic (exact) mass is 449 g/mol. The lowest BCUT2D eigenvalue weighted by molar-refractivity contribution is 0.0705. The number of amides is 1. The molecule has 1 saturated heterocycles. The molecule has 1 atom stereocenters. The van der Waals surface area contributed by atoms with Crippen molar-refractivity contribution in [3.63, 3.8) is 0 Å². The molecule has 5 rings (SSSR count). The second-order valence-corrected chi connectivity index (χ2v) is 8.13. The number of allylic oxidation sites excluding steroid dienone is 1. The van der Waals surface area contributed by atoms with Gasteiger partial charge >= 0.3 is 6.09 Å². The van der Waals surface area contributed by atoms with Crippen LogP contribution in [0, 0.1) is 0 Å². The zero-order valence-corrected chi connectivity index (χ0v) is 18.2. The van der Waals surface area contributed by atoms with Crippen LogP contribution in [0.15, 0.2) is 36.2 Å². The molecule has 10 nitrogen and oxygen atoms in total. The second kappa shape index (κ2) is 8.21. The van der Waals surface area contributed by atoms with Gasteiger partial charge in [-0.1, -0.05) is 0 Å². The quantitative estimate of drug-likeness (QED) is 0.584. The summed E-state index contributed by atoms with van der Waals surface area (Å²) in [6.45, 7) is 3.92. The number of benzene rings is 1. The molecule has 4 heterocycles. The van der Waals surface area contributed by atoms with Crippen molar-refractivity contribution in [1.82, 2.24) is 25.0 Å². The van der Waals surface area contributed by atoms with Crippen LogP contribution in [0.5, 0.6) is 11.5 Å². The minimum Gasteiger partial charge on any atom is -0.496 e. The first-order chi connectivity index (χ1) is 16.0. The topological polar surface area (TPSA) is 121 Å². The molecular formula is C23H23N5O5. The van der Waals surface area contributed by atoms with Crippen LogP contribution in [0.25, 0.3) is 17.1 Å². The number of hydrogen-bond donors (Lipinski definition) is 2. The predicted octanol–water partition coefficient (Wildman–Crippen LogP) is 2.77. The van der Waals surface area contributed by atoms with Crippen molar-refractivity contribution in [3.8, 4) is 11.5 Å². The Balaban J connectivity index is 1.45. The van der Waals surface area contributed by atoms with Crippen LogP contribution in [0.4, 0.5) is 4.79 Å². The van der Waals surface area contributed by atoms with Gasteiger partial charge in [-0.3, -0.25) is 14.8 Å². The summed E-state index contributed by atoms with van der Waals surface area (Å²) in [5, 5.41) is 17.2. The molecular weight excluding hydrogens is 426 g/mol.